The van der Waals surface area contributed by atoms with Crippen molar-refractivity contribution in [1.82, 2.24) is 10.2 Å². The summed E-state index contributed by atoms with van der Waals surface area (Å²) in [7, 11) is 0. The molecular formula is C13H20N2O3S. The Morgan fingerprint density at radius 3 is 2.79 bits per heavy atom. The summed E-state index contributed by atoms with van der Waals surface area (Å²) in [5.41, 5.74) is 0. The molecule has 19 heavy (non-hydrogen) atoms. The van der Waals surface area contributed by atoms with Gasteiger partial charge in [-0.25, -0.2) is 4.79 Å². The molecule has 0 aliphatic heterocycles. The molecule has 0 aliphatic rings. The average molecular weight is 284 g/mol. The SMILES string of the molecule is CCN(Cc1cccs1)C(=O)NC(C)CCC(=O)O. The zero-order valence-corrected chi connectivity index (χ0v) is 12.1. The van der Waals surface area contributed by atoms with E-state index >= 15 is 0 Å². The number of carboxylic acid groups (broad SMARTS) is 1. The number of thiophene rings is 1. The molecule has 0 spiro atoms. The van der Waals surface area contributed by atoms with Gasteiger partial charge in [-0.1, -0.05) is 6.07 Å². The van der Waals surface area contributed by atoms with Gasteiger partial charge in [0.2, 0.25) is 0 Å². The fourth-order valence-corrected chi connectivity index (χ4v) is 2.35. The van der Waals surface area contributed by atoms with Gasteiger partial charge in [0.1, 0.15) is 0 Å². The van der Waals surface area contributed by atoms with Crippen LogP contribution in [0, 0.1) is 0 Å². The molecule has 1 heterocycles. The minimum atomic E-state index is -0.841. The first-order valence-corrected chi connectivity index (χ1v) is 7.20. The maximum atomic E-state index is 12.0. The summed E-state index contributed by atoms with van der Waals surface area (Å²) in [6, 6.07) is 3.67. The van der Waals surface area contributed by atoms with Gasteiger partial charge in [0.25, 0.3) is 0 Å². The highest BCUT2D eigenvalue weighted by atomic mass is 32.1. The van der Waals surface area contributed by atoms with Gasteiger partial charge in [0.05, 0.1) is 6.54 Å². The van der Waals surface area contributed by atoms with Crippen molar-refractivity contribution in [2.75, 3.05) is 6.54 Å². The summed E-state index contributed by atoms with van der Waals surface area (Å²) in [5, 5.41) is 13.4. The Hall–Kier alpha value is -1.56. The van der Waals surface area contributed by atoms with Crippen molar-refractivity contribution in [3.63, 3.8) is 0 Å². The fourth-order valence-electron chi connectivity index (χ4n) is 1.63. The van der Waals surface area contributed by atoms with Crippen LogP contribution in [-0.4, -0.2) is 34.6 Å². The summed E-state index contributed by atoms with van der Waals surface area (Å²) < 4.78 is 0. The second-order valence-electron chi connectivity index (χ2n) is 4.38. The summed E-state index contributed by atoms with van der Waals surface area (Å²) >= 11 is 1.62. The molecule has 1 unspecified atom stereocenters. The summed E-state index contributed by atoms with van der Waals surface area (Å²) in [6.07, 6.45) is 0.510. The zero-order valence-electron chi connectivity index (χ0n) is 11.3. The van der Waals surface area contributed by atoms with E-state index in [1.54, 1.807) is 16.2 Å². The van der Waals surface area contributed by atoms with E-state index in [1.165, 1.54) is 0 Å². The van der Waals surface area contributed by atoms with E-state index in [4.69, 9.17) is 5.11 Å². The number of hydrogen-bond donors (Lipinski definition) is 2. The van der Waals surface area contributed by atoms with Gasteiger partial charge in [-0.15, -0.1) is 11.3 Å². The molecule has 0 aromatic carbocycles. The van der Waals surface area contributed by atoms with Gasteiger partial charge in [-0.05, 0) is 31.7 Å². The third kappa shape index (κ3) is 5.74. The number of hydrogen-bond acceptors (Lipinski definition) is 3. The highest BCUT2D eigenvalue weighted by Crippen LogP contribution is 2.12. The molecular weight excluding hydrogens is 264 g/mol. The van der Waals surface area contributed by atoms with Gasteiger partial charge < -0.3 is 15.3 Å². The van der Waals surface area contributed by atoms with Crippen molar-refractivity contribution in [3.8, 4) is 0 Å². The number of carbonyl (C=O) groups is 2. The quantitative estimate of drug-likeness (QED) is 0.808. The van der Waals surface area contributed by atoms with Crippen LogP contribution in [0.15, 0.2) is 17.5 Å². The lowest BCUT2D eigenvalue weighted by atomic mass is 10.2. The van der Waals surface area contributed by atoms with E-state index in [0.29, 0.717) is 19.5 Å². The zero-order chi connectivity index (χ0) is 14.3. The molecule has 1 rings (SSSR count). The molecule has 0 aliphatic carbocycles. The molecule has 2 amide bonds. The first kappa shape index (κ1) is 15.5. The van der Waals surface area contributed by atoms with Crippen molar-refractivity contribution < 1.29 is 14.7 Å². The number of nitrogens with one attached hydrogen (secondary N) is 1. The molecule has 6 heteroatoms. The number of carbonyl (C=O) groups excluding carboxylic acids is 1. The van der Waals surface area contributed by atoms with Crippen LogP contribution in [0.3, 0.4) is 0 Å². The van der Waals surface area contributed by atoms with Gasteiger partial charge >= 0.3 is 12.0 Å². The molecule has 1 aromatic heterocycles. The Morgan fingerprint density at radius 1 is 1.53 bits per heavy atom. The van der Waals surface area contributed by atoms with Crippen LogP contribution in [0.5, 0.6) is 0 Å². The minimum absolute atomic E-state index is 0.0680. The van der Waals surface area contributed by atoms with E-state index in [2.05, 4.69) is 5.32 Å². The summed E-state index contributed by atoms with van der Waals surface area (Å²) in [5.74, 6) is -0.841. The third-order valence-electron chi connectivity index (χ3n) is 2.76. The van der Waals surface area contributed by atoms with Crippen molar-refractivity contribution in [1.29, 1.82) is 0 Å². The summed E-state index contributed by atoms with van der Waals surface area (Å²) in [4.78, 5) is 25.3. The van der Waals surface area contributed by atoms with E-state index in [1.807, 2.05) is 31.4 Å². The normalized spacial score (nSPS) is 11.9. The molecule has 0 fully saturated rings. The Kier molecular flexibility index (Phi) is 6.35. The van der Waals surface area contributed by atoms with Gasteiger partial charge in [-0.2, -0.15) is 0 Å². The highest BCUT2D eigenvalue weighted by Gasteiger charge is 2.15. The lowest BCUT2D eigenvalue weighted by molar-refractivity contribution is -0.137. The number of rotatable bonds is 7. The largest absolute Gasteiger partial charge is 0.481 e. The Bertz CT molecular complexity index is 406. The average Bonchev–Trinajstić information content (AvgIpc) is 2.86. The predicted molar refractivity (Wildman–Crippen MR) is 75.3 cm³/mol. The van der Waals surface area contributed by atoms with Crippen molar-refractivity contribution >= 4 is 23.3 Å². The van der Waals surface area contributed by atoms with Crippen LogP contribution in [0.25, 0.3) is 0 Å². The van der Waals surface area contributed by atoms with Crippen molar-refractivity contribution in [2.24, 2.45) is 0 Å². The molecule has 0 saturated heterocycles. The Balaban J connectivity index is 2.42. The van der Waals surface area contributed by atoms with Gasteiger partial charge in [0, 0.05) is 23.9 Å². The highest BCUT2D eigenvalue weighted by molar-refractivity contribution is 7.09. The van der Waals surface area contributed by atoms with Crippen LogP contribution < -0.4 is 5.32 Å². The van der Waals surface area contributed by atoms with Crippen LogP contribution in [0.1, 0.15) is 31.6 Å². The Labute approximate surface area is 117 Å². The third-order valence-corrected chi connectivity index (χ3v) is 3.62. The fraction of sp³-hybridized carbons (Fsp3) is 0.538. The van der Waals surface area contributed by atoms with Crippen molar-refractivity contribution in [3.05, 3.63) is 22.4 Å². The second kappa shape index (κ2) is 7.78. The van der Waals surface area contributed by atoms with E-state index in [0.717, 1.165) is 4.88 Å². The number of carboxylic acids is 1. The molecule has 0 radical (unpaired) electrons. The number of amides is 2. The molecule has 0 saturated carbocycles. The lowest BCUT2D eigenvalue weighted by Gasteiger charge is -2.23. The number of nitrogens with zero attached hydrogens (tertiary/aromatic N) is 1. The van der Waals surface area contributed by atoms with Crippen LogP contribution in [0.4, 0.5) is 4.79 Å². The van der Waals surface area contributed by atoms with Crippen LogP contribution >= 0.6 is 11.3 Å². The summed E-state index contributed by atoms with van der Waals surface area (Å²) in [6.45, 7) is 4.95. The minimum Gasteiger partial charge on any atom is -0.481 e. The molecule has 106 valence electrons. The van der Waals surface area contributed by atoms with Crippen LogP contribution in [0.2, 0.25) is 0 Å². The Morgan fingerprint density at radius 2 is 2.26 bits per heavy atom. The topological polar surface area (TPSA) is 69.6 Å². The predicted octanol–water partition coefficient (Wildman–Crippen LogP) is 2.53. The smallest absolute Gasteiger partial charge is 0.317 e. The number of aliphatic carboxylic acids is 1. The lowest BCUT2D eigenvalue weighted by Crippen LogP contribution is -2.43. The first-order chi connectivity index (χ1) is 9.02. The molecule has 5 nitrogen and oxygen atoms in total. The van der Waals surface area contributed by atoms with Crippen molar-refractivity contribution in [2.45, 2.75) is 39.3 Å². The molecule has 1 aromatic rings. The number of urea groups is 1. The van der Waals surface area contributed by atoms with Gasteiger partial charge in [-0.3, -0.25) is 4.79 Å². The molecule has 1 atom stereocenters. The first-order valence-electron chi connectivity index (χ1n) is 6.32. The molecule has 0 bridgehead atoms. The van der Waals surface area contributed by atoms with Gasteiger partial charge in [0.15, 0.2) is 0 Å². The van der Waals surface area contributed by atoms with Crippen LogP contribution in [-0.2, 0) is 11.3 Å². The maximum absolute atomic E-state index is 12.0. The van der Waals surface area contributed by atoms with E-state index in [-0.39, 0.29) is 18.5 Å². The van der Waals surface area contributed by atoms with E-state index in [9.17, 15) is 9.59 Å². The standard InChI is InChI=1S/C13H20N2O3S/c1-3-15(9-11-5-4-8-19-11)13(18)14-10(2)6-7-12(16)17/h4-5,8,10H,3,6-7,9H2,1-2H3,(H,14,18)(H,16,17). The maximum Gasteiger partial charge on any atom is 0.317 e. The molecule has 2 N–H and O–H groups in total. The van der Waals surface area contributed by atoms with E-state index < -0.39 is 5.97 Å². The second-order valence-corrected chi connectivity index (χ2v) is 5.41. The monoisotopic (exact) mass is 284 g/mol.